The Morgan fingerprint density at radius 1 is 1.15 bits per heavy atom. The Kier molecular flexibility index (Phi) is 4.98. The van der Waals surface area contributed by atoms with E-state index < -0.39 is 5.97 Å². The molecule has 1 aromatic heterocycles. The largest absolute Gasteiger partial charge is 0.497 e. The van der Waals surface area contributed by atoms with E-state index in [0.717, 1.165) is 28.2 Å². The van der Waals surface area contributed by atoms with Crippen molar-refractivity contribution in [3.8, 4) is 5.75 Å². The van der Waals surface area contributed by atoms with Crippen molar-refractivity contribution in [2.45, 2.75) is 33.2 Å². The molecule has 26 heavy (non-hydrogen) atoms. The number of imidazole rings is 1. The van der Waals surface area contributed by atoms with Crippen LogP contribution in [-0.2, 0) is 17.8 Å². The summed E-state index contributed by atoms with van der Waals surface area (Å²) in [5.41, 5.74) is 2.77. The number of aliphatic carboxylic acids is 1. The predicted octanol–water partition coefficient (Wildman–Crippen LogP) is 4.14. The number of ether oxygens (including phenoxy) is 1. The number of benzene rings is 2. The summed E-state index contributed by atoms with van der Waals surface area (Å²) in [6, 6.07) is 16.0. The molecule has 1 N–H and O–H groups in total. The van der Waals surface area contributed by atoms with Crippen molar-refractivity contribution in [3.63, 3.8) is 0 Å². The molecule has 1 heterocycles. The molecular weight excluding hydrogens is 328 g/mol. The van der Waals surface area contributed by atoms with E-state index in [2.05, 4.69) is 10.6 Å². The summed E-state index contributed by atoms with van der Waals surface area (Å²) in [6.07, 6.45) is 0.711. The summed E-state index contributed by atoms with van der Waals surface area (Å²) in [5, 5.41) is 9.18. The monoisotopic (exact) mass is 352 g/mol. The first-order valence-corrected chi connectivity index (χ1v) is 8.67. The van der Waals surface area contributed by atoms with E-state index in [9.17, 15) is 9.90 Å². The summed E-state index contributed by atoms with van der Waals surface area (Å²) in [5.74, 6) is 0.952. The number of hydrogen-bond acceptors (Lipinski definition) is 3. The maximum atomic E-state index is 11.2. The minimum absolute atomic E-state index is 0.110. The quantitative estimate of drug-likeness (QED) is 0.694. The van der Waals surface area contributed by atoms with Crippen LogP contribution in [0.5, 0.6) is 5.75 Å². The SMILES string of the molecule is COc1ccc(Cn2c(CC(C)(C)CC(=O)O)nc3ccccc32)cc1. The molecule has 2 aromatic carbocycles. The van der Waals surface area contributed by atoms with E-state index in [4.69, 9.17) is 9.72 Å². The third-order valence-corrected chi connectivity index (χ3v) is 4.50. The number of carboxylic acids is 1. The van der Waals surface area contributed by atoms with Crippen molar-refractivity contribution >= 4 is 17.0 Å². The lowest BCUT2D eigenvalue weighted by atomic mass is 9.85. The smallest absolute Gasteiger partial charge is 0.303 e. The van der Waals surface area contributed by atoms with Gasteiger partial charge in [-0.15, -0.1) is 0 Å². The molecule has 5 heteroatoms. The molecule has 0 spiro atoms. The van der Waals surface area contributed by atoms with Crippen LogP contribution in [0.3, 0.4) is 0 Å². The van der Waals surface area contributed by atoms with Crippen LogP contribution in [0.1, 0.15) is 31.7 Å². The number of aromatic nitrogens is 2. The number of fused-ring (bicyclic) bond motifs is 1. The maximum absolute atomic E-state index is 11.2. The normalized spacial score (nSPS) is 11.7. The lowest BCUT2D eigenvalue weighted by Crippen LogP contribution is -2.22. The van der Waals surface area contributed by atoms with Gasteiger partial charge in [0, 0.05) is 13.0 Å². The van der Waals surface area contributed by atoms with E-state index in [1.54, 1.807) is 7.11 Å². The molecule has 3 aromatic rings. The van der Waals surface area contributed by atoms with Crippen molar-refractivity contribution in [1.82, 2.24) is 9.55 Å². The van der Waals surface area contributed by atoms with Crippen LogP contribution >= 0.6 is 0 Å². The molecule has 136 valence electrons. The molecule has 0 amide bonds. The van der Waals surface area contributed by atoms with Crippen molar-refractivity contribution in [2.24, 2.45) is 5.41 Å². The third kappa shape index (κ3) is 4.04. The Morgan fingerprint density at radius 2 is 1.85 bits per heavy atom. The van der Waals surface area contributed by atoms with Crippen LogP contribution in [-0.4, -0.2) is 27.7 Å². The van der Waals surface area contributed by atoms with Crippen molar-refractivity contribution in [3.05, 3.63) is 59.9 Å². The molecule has 0 atom stereocenters. The topological polar surface area (TPSA) is 64.3 Å². The molecule has 0 unspecified atom stereocenters. The van der Waals surface area contributed by atoms with Crippen LogP contribution < -0.4 is 4.74 Å². The molecule has 0 aliphatic rings. The number of rotatable bonds is 7. The van der Waals surface area contributed by atoms with Gasteiger partial charge >= 0.3 is 5.97 Å². The van der Waals surface area contributed by atoms with E-state index in [1.807, 2.05) is 56.3 Å². The number of carboxylic acid groups (broad SMARTS) is 1. The lowest BCUT2D eigenvalue weighted by molar-refractivity contribution is -0.139. The summed E-state index contributed by atoms with van der Waals surface area (Å²) < 4.78 is 7.41. The molecule has 0 saturated heterocycles. The Hall–Kier alpha value is -2.82. The highest BCUT2D eigenvalue weighted by atomic mass is 16.5. The second-order valence-corrected chi connectivity index (χ2v) is 7.36. The van der Waals surface area contributed by atoms with Gasteiger partial charge in [0.25, 0.3) is 0 Å². The molecule has 0 fully saturated rings. The Balaban J connectivity index is 1.97. The van der Waals surface area contributed by atoms with Gasteiger partial charge in [-0.2, -0.15) is 0 Å². The molecule has 0 radical (unpaired) electrons. The molecule has 0 aliphatic heterocycles. The van der Waals surface area contributed by atoms with E-state index >= 15 is 0 Å². The standard InChI is InChI=1S/C21H24N2O3/c1-21(2,13-20(24)25)12-19-22-17-6-4-5-7-18(17)23(19)14-15-8-10-16(26-3)11-9-15/h4-11H,12-14H2,1-3H3,(H,24,25). The second-order valence-electron chi connectivity index (χ2n) is 7.36. The highest BCUT2D eigenvalue weighted by Crippen LogP contribution is 2.28. The molecule has 0 saturated carbocycles. The van der Waals surface area contributed by atoms with Gasteiger partial charge in [-0.1, -0.05) is 38.1 Å². The summed E-state index contributed by atoms with van der Waals surface area (Å²) >= 11 is 0. The third-order valence-electron chi connectivity index (χ3n) is 4.50. The Morgan fingerprint density at radius 3 is 2.50 bits per heavy atom. The number of hydrogen-bond donors (Lipinski definition) is 1. The first-order valence-electron chi connectivity index (χ1n) is 8.67. The average molecular weight is 352 g/mol. The van der Waals surface area contributed by atoms with Gasteiger partial charge in [-0.25, -0.2) is 4.98 Å². The number of nitrogens with zero attached hydrogens (tertiary/aromatic N) is 2. The molecule has 0 bridgehead atoms. The fourth-order valence-corrected chi connectivity index (χ4v) is 3.25. The fourth-order valence-electron chi connectivity index (χ4n) is 3.25. The first kappa shape index (κ1) is 18.0. The number of carbonyl (C=O) groups is 1. The number of methoxy groups -OCH3 is 1. The van der Waals surface area contributed by atoms with E-state index in [1.165, 1.54) is 0 Å². The zero-order valence-electron chi connectivity index (χ0n) is 15.4. The van der Waals surface area contributed by atoms with Crippen molar-refractivity contribution in [1.29, 1.82) is 0 Å². The fraction of sp³-hybridized carbons (Fsp3) is 0.333. The van der Waals surface area contributed by atoms with E-state index in [-0.39, 0.29) is 11.8 Å². The van der Waals surface area contributed by atoms with Crippen LogP contribution in [0.25, 0.3) is 11.0 Å². The Bertz CT molecular complexity index is 911. The van der Waals surface area contributed by atoms with Gasteiger partial charge in [-0.05, 0) is 35.2 Å². The van der Waals surface area contributed by atoms with Gasteiger partial charge < -0.3 is 14.4 Å². The summed E-state index contributed by atoms with van der Waals surface area (Å²) in [6.45, 7) is 4.62. The summed E-state index contributed by atoms with van der Waals surface area (Å²) in [7, 11) is 1.65. The van der Waals surface area contributed by atoms with Gasteiger partial charge in [0.05, 0.1) is 24.6 Å². The second kappa shape index (κ2) is 7.20. The average Bonchev–Trinajstić information content (AvgIpc) is 2.91. The number of para-hydroxylation sites is 2. The van der Waals surface area contributed by atoms with Gasteiger partial charge in [-0.3, -0.25) is 4.79 Å². The van der Waals surface area contributed by atoms with Crippen molar-refractivity contribution < 1.29 is 14.6 Å². The van der Waals surface area contributed by atoms with E-state index in [0.29, 0.717) is 13.0 Å². The zero-order valence-corrected chi connectivity index (χ0v) is 15.4. The van der Waals surface area contributed by atoms with Gasteiger partial charge in [0.1, 0.15) is 11.6 Å². The van der Waals surface area contributed by atoms with Crippen LogP contribution in [0.2, 0.25) is 0 Å². The Labute approximate surface area is 153 Å². The van der Waals surface area contributed by atoms with Crippen LogP contribution in [0, 0.1) is 5.41 Å². The predicted molar refractivity (Wildman–Crippen MR) is 102 cm³/mol. The minimum Gasteiger partial charge on any atom is -0.497 e. The minimum atomic E-state index is -0.784. The highest BCUT2D eigenvalue weighted by Gasteiger charge is 2.25. The van der Waals surface area contributed by atoms with Crippen molar-refractivity contribution in [2.75, 3.05) is 7.11 Å². The van der Waals surface area contributed by atoms with Gasteiger partial charge in [0.15, 0.2) is 0 Å². The lowest BCUT2D eigenvalue weighted by Gasteiger charge is -2.22. The zero-order chi connectivity index (χ0) is 18.7. The molecule has 0 aliphatic carbocycles. The highest BCUT2D eigenvalue weighted by molar-refractivity contribution is 5.76. The molecule has 5 nitrogen and oxygen atoms in total. The molecular formula is C21H24N2O3. The van der Waals surface area contributed by atoms with Crippen LogP contribution in [0.4, 0.5) is 0 Å². The van der Waals surface area contributed by atoms with Gasteiger partial charge in [0.2, 0.25) is 0 Å². The summed E-state index contributed by atoms with van der Waals surface area (Å²) in [4.78, 5) is 16.0. The molecule has 3 rings (SSSR count). The van der Waals surface area contributed by atoms with Crippen LogP contribution in [0.15, 0.2) is 48.5 Å². The first-order chi connectivity index (χ1) is 12.4. The maximum Gasteiger partial charge on any atom is 0.303 e.